The van der Waals surface area contributed by atoms with Crippen molar-refractivity contribution >= 4 is 11.6 Å². The molecule has 0 bridgehead atoms. The molecule has 4 nitrogen and oxygen atoms in total. The number of nitrogens with zero attached hydrogens (tertiary/aromatic N) is 1. The van der Waals surface area contributed by atoms with Crippen LogP contribution in [0.25, 0.3) is 0 Å². The predicted octanol–water partition coefficient (Wildman–Crippen LogP) is 2.47. The number of hydrogen-bond donors (Lipinski definition) is 1. The van der Waals surface area contributed by atoms with Crippen molar-refractivity contribution in [2.75, 3.05) is 11.9 Å². The maximum absolute atomic E-state index is 13.4. The van der Waals surface area contributed by atoms with Crippen LogP contribution in [0.5, 0.6) is 5.75 Å². The van der Waals surface area contributed by atoms with Gasteiger partial charge in [0.25, 0.3) is 0 Å². The van der Waals surface area contributed by atoms with E-state index >= 15 is 0 Å². The van der Waals surface area contributed by atoms with E-state index in [-0.39, 0.29) is 24.5 Å². The normalized spacial score (nSPS) is 9.47. The second-order valence-electron chi connectivity index (χ2n) is 3.28. The highest BCUT2D eigenvalue weighted by molar-refractivity contribution is 5.90. The summed E-state index contributed by atoms with van der Waals surface area (Å²) in [5.74, 6) is -0.678. The van der Waals surface area contributed by atoms with Crippen molar-refractivity contribution in [2.45, 2.75) is 19.8 Å². The third-order valence-electron chi connectivity index (χ3n) is 1.98. The maximum Gasteiger partial charge on any atom is 0.225 e. The number of anilines is 1. The molecule has 0 aliphatic heterocycles. The van der Waals surface area contributed by atoms with Crippen LogP contribution < -0.4 is 10.1 Å². The van der Waals surface area contributed by atoms with Crippen LogP contribution in [0.15, 0.2) is 18.2 Å². The minimum Gasteiger partial charge on any atom is -0.491 e. The minimum atomic E-state index is -0.523. The first-order valence-corrected chi connectivity index (χ1v) is 5.26. The lowest BCUT2D eigenvalue weighted by atomic mass is 10.2. The van der Waals surface area contributed by atoms with Gasteiger partial charge in [-0.3, -0.25) is 4.79 Å². The summed E-state index contributed by atoms with van der Waals surface area (Å²) in [6.07, 6.45) is 0.247. The first kappa shape index (κ1) is 13.0. The topological polar surface area (TPSA) is 62.1 Å². The molecular formula is C12H13FN2O2. The largest absolute Gasteiger partial charge is 0.491 e. The fraction of sp³-hybridized carbons (Fsp3) is 0.333. The molecule has 1 aromatic carbocycles. The molecule has 0 radical (unpaired) electrons. The Morgan fingerprint density at radius 1 is 1.59 bits per heavy atom. The number of ether oxygens (including phenoxy) is 1. The second-order valence-corrected chi connectivity index (χ2v) is 3.28. The number of nitrogens with one attached hydrogen (secondary N) is 1. The van der Waals surface area contributed by atoms with E-state index in [1.807, 2.05) is 6.07 Å². The molecule has 0 aliphatic rings. The summed E-state index contributed by atoms with van der Waals surface area (Å²) in [5, 5.41) is 10.8. The lowest BCUT2D eigenvalue weighted by Crippen LogP contribution is -2.11. The highest BCUT2D eigenvalue weighted by Crippen LogP contribution is 2.21. The molecule has 0 fully saturated rings. The fourth-order valence-corrected chi connectivity index (χ4v) is 1.24. The molecule has 0 atom stereocenters. The Labute approximate surface area is 99.0 Å². The van der Waals surface area contributed by atoms with Crippen LogP contribution in [0.2, 0.25) is 0 Å². The van der Waals surface area contributed by atoms with Gasteiger partial charge in [0, 0.05) is 24.6 Å². The smallest absolute Gasteiger partial charge is 0.225 e. The zero-order valence-corrected chi connectivity index (χ0v) is 9.50. The van der Waals surface area contributed by atoms with E-state index in [1.165, 1.54) is 12.1 Å². The van der Waals surface area contributed by atoms with Gasteiger partial charge >= 0.3 is 0 Å². The quantitative estimate of drug-likeness (QED) is 0.854. The molecule has 0 aliphatic carbocycles. The van der Waals surface area contributed by atoms with Gasteiger partial charge in [0.2, 0.25) is 5.91 Å². The SMILES string of the molecule is CCOc1ccc(NC(=O)CCC#N)cc1F. The molecule has 90 valence electrons. The van der Waals surface area contributed by atoms with Gasteiger partial charge in [-0.2, -0.15) is 5.26 Å². The highest BCUT2D eigenvalue weighted by atomic mass is 19.1. The van der Waals surface area contributed by atoms with Gasteiger partial charge in [0.1, 0.15) is 0 Å². The summed E-state index contributed by atoms with van der Waals surface area (Å²) in [6.45, 7) is 2.14. The summed E-state index contributed by atoms with van der Waals surface area (Å²) in [5.41, 5.74) is 0.355. The Kier molecular flexibility index (Phi) is 4.95. The van der Waals surface area contributed by atoms with Crippen LogP contribution >= 0.6 is 0 Å². The van der Waals surface area contributed by atoms with Gasteiger partial charge in [-0.25, -0.2) is 4.39 Å². The molecule has 0 aromatic heterocycles. The summed E-state index contributed by atoms with van der Waals surface area (Å²) in [6, 6.07) is 6.07. The lowest BCUT2D eigenvalue weighted by Gasteiger charge is -2.07. The van der Waals surface area contributed by atoms with Crippen LogP contribution in [-0.2, 0) is 4.79 Å². The average Bonchev–Trinajstić information content (AvgIpc) is 2.30. The number of halogens is 1. The van der Waals surface area contributed by atoms with Gasteiger partial charge in [-0.1, -0.05) is 0 Å². The zero-order valence-electron chi connectivity index (χ0n) is 9.50. The van der Waals surface area contributed by atoms with Gasteiger partial charge < -0.3 is 10.1 Å². The van der Waals surface area contributed by atoms with Crippen molar-refractivity contribution < 1.29 is 13.9 Å². The second kappa shape index (κ2) is 6.48. The van der Waals surface area contributed by atoms with E-state index < -0.39 is 5.82 Å². The van der Waals surface area contributed by atoms with Gasteiger partial charge in [-0.15, -0.1) is 0 Å². The first-order valence-electron chi connectivity index (χ1n) is 5.26. The molecule has 1 amide bonds. The molecule has 17 heavy (non-hydrogen) atoms. The van der Waals surface area contributed by atoms with Crippen molar-refractivity contribution in [1.29, 1.82) is 5.26 Å². The van der Waals surface area contributed by atoms with Crippen LogP contribution in [0.3, 0.4) is 0 Å². The average molecular weight is 236 g/mol. The number of carbonyl (C=O) groups excluding carboxylic acids is 1. The third kappa shape index (κ3) is 4.11. The van der Waals surface area contributed by atoms with Crippen LogP contribution in [-0.4, -0.2) is 12.5 Å². The number of nitriles is 1. The van der Waals surface area contributed by atoms with Crippen molar-refractivity contribution in [1.82, 2.24) is 0 Å². The number of hydrogen-bond acceptors (Lipinski definition) is 3. The third-order valence-corrected chi connectivity index (χ3v) is 1.98. The Morgan fingerprint density at radius 3 is 2.94 bits per heavy atom. The van der Waals surface area contributed by atoms with Crippen molar-refractivity contribution in [3.63, 3.8) is 0 Å². The fourth-order valence-electron chi connectivity index (χ4n) is 1.24. The summed E-state index contributed by atoms with van der Waals surface area (Å²) >= 11 is 0. The van der Waals surface area contributed by atoms with Crippen molar-refractivity contribution in [3.05, 3.63) is 24.0 Å². The molecule has 0 unspecified atom stereocenters. The van der Waals surface area contributed by atoms with E-state index in [9.17, 15) is 9.18 Å². The molecular weight excluding hydrogens is 223 g/mol. The number of carbonyl (C=O) groups is 1. The lowest BCUT2D eigenvalue weighted by molar-refractivity contribution is -0.116. The molecule has 1 N–H and O–H groups in total. The number of rotatable bonds is 5. The Bertz CT molecular complexity index is 441. The van der Waals surface area contributed by atoms with Gasteiger partial charge in [0.15, 0.2) is 11.6 Å². The predicted molar refractivity (Wildman–Crippen MR) is 61.0 cm³/mol. The van der Waals surface area contributed by atoms with E-state index in [4.69, 9.17) is 10.00 Å². The van der Waals surface area contributed by atoms with E-state index in [1.54, 1.807) is 13.0 Å². The van der Waals surface area contributed by atoms with E-state index in [2.05, 4.69) is 5.32 Å². The van der Waals surface area contributed by atoms with Crippen LogP contribution in [0, 0.1) is 17.1 Å². The number of amides is 1. The molecule has 5 heteroatoms. The van der Waals surface area contributed by atoms with Gasteiger partial charge in [-0.05, 0) is 19.1 Å². The molecule has 0 spiro atoms. The molecule has 0 heterocycles. The Hall–Kier alpha value is -2.09. The van der Waals surface area contributed by atoms with Crippen LogP contribution in [0.4, 0.5) is 10.1 Å². The Morgan fingerprint density at radius 2 is 2.35 bits per heavy atom. The van der Waals surface area contributed by atoms with E-state index in [0.717, 1.165) is 0 Å². The van der Waals surface area contributed by atoms with Crippen molar-refractivity contribution in [3.8, 4) is 11.8 Å². The summed E-state index contributed by atoms with van der Waals surface area (Å²) in [7, 11) is 0. The Balaban J connectivity index is 2.64. The van der Waals surface area contributed by atoms with Gasteiger partial charge in [0.05, 0.1) is 12.7 Å². The molecule has 0 saturated carbocycles. The molecule has 1 aromatic rings. The maximum atomic E-state index is 13.4. The number of benzene rings is 1. The van der Waals surface area contributed by atoms with E-state index in [0.29, 0.717) is 12.3 Å². The zero-order chi connectivity index (χ0) is 12.7. The van der Waals surface area contributed by atoms with Crippen molar-refractivity contribution in [2.24, 2.45) is 0 Å². The summed E-state index contributed by atoms with van der Waals surface area (Å²) in [4.78, 5) is 11.3. The minimum absolute atomic E-state index is 0.103. The summed E-state index contributed by atoms with van der Waals surface area (Å²) < 4.78 is 18.4. The standard InChI is InChI=1S/C12H13FN2O2/c1-2-17-11-6-5-9(8-10(11)13)15-12(16)4-3-7-14/h5-6,8H,2-4H2,1H3,(H,15,16). The monoisotopic (exact) mass is 236 g/mol. The van der Waals surface area contributed by atoms with Crippen LogP contribution in [0.1, 0.15) is 19.8 Å². The molecule has 0 saturated heterocycles. The molecule has 1 rings (SSSR count). The highest BCUT2D eigenvalue weighted by Gasteiger charge is 2.06. The first-order chi connectivity index (χ1) is 8.17.